The largest absolute Gasteiger partial charge is 0.310 e. The number of para-hydroxylation sites is 5. The van der Waals surface area contributed by atoms with Crippen LogP contribution in [0.25, 0.3) is 88.0 Å². The van der Waals surface area contributed by atoms with Gasteiger partial charge >= 0.3 is 0 Å². The van der Waals surface area contributed by atoms with E-state index in [4.69, 9.17) is 0 Å². The summed E-state index contributed by atoms with van der Waals surface area (Å²) in [6.45, 7) is 0. The number of hydrogen-bond donors (Lipinski definition) is 0. The molecule has 0 fully saturated rings. The van der Waals surface area contributed by atoms with E-state index in [0.29, 0.717) is 0 Å². The Hall–Kier alpha value is -8.14. The Morgan fingerprint density at radius 1 is 0.279 bits per heavy atom. The van der Waals surface area contributed by atoms with E-state index < -0.39 is 0 Å². The van der Waals surface area contributed by atoms with Crippen molar-refractivity contribution in [3.05, 3.63) is 237 Å². The van der Waals surface area contributed by atoms with Gasteiger partial charge in [0.2, 0.25) is 0 Å². The molecule has 0 aliphatic rings. The van der Waals surface area contributed by atoms with Gasteiger partial charge in [0.1, 0.15) is 0 Å². The monoisotopic (exact) mass is 777 g/mol. The van der Waals surface area contributed by atoms with Gasteiger partial charge in [-0.2, -0.15) is 0 Å². The summed E-state index contributed by atoms with van der Waals surface area (Å²) in [5.41, 5.74) is 15.1. The quantitative estimate of drug-likeness (QED) is 0.157. The normalized spacial score (nSPS) is 11.6. The van der Waals surface area contributed by atoms with E-state index in [0.717, 1.165) is 34.0 Å². The topological polar surface area (TPSA) is 13.1 Å². The molecule has 0 N–H and O–H groups in total. The second-order valence-electron chi connectivity index (χ2n) is 15.8. The zero-order chi connectivity index (χ0) is 40.3. The van der Waals surface area contributed by atoms with Gasteiger partial charge < -0.3 is 14.0 Å². The molecular formula is C58H39N3. The molecule has 12 aromatic rings. The van der Waals surface area contributed by atoms with Crippen LogP contribution >= 0.6 is 0 Å². The maximum Gasteiger partial charge on any atom is 0.0619 e. The van der Waals surface area contributed by atoms with E-state index >= 15 is 0 Å². The van der Waals surface area contributed by atoms with E-state index in [1.165, 1.54) is 71.1 Å². The van der Waals surface area contributed by atoms with Crippen LogP contribution in [0.1, 0.15) is 0 Å². The zero-order valence-electron chi connectivity index (χ0n) is 33.4. The summed E-state index contributed by atoms with van der Waals surface area (Å²) in [7, 11) is 0. The lowest BCUT2D eigenvalue weighted by Crippen LogP contribution is -2.10. The predicted molar refractivity (Wildman–Crippen MR) is 258 cm³/mol. The molecule has 61 heavy (non-hydrogen) atoms. The van der Waals surface area contributed by atoms with Crippen molar-refractivity contribution in [2.24, 2.45) is 0 Å². The highest BCUT2D eigenvalue weighted by molar-refractivity contribution is 6.14. The van der Waals surface area contributed by atoms with E-state index in [1.807, 2.05) is 0 Å². The van der Waals surface area contributed by atoms with Gasteiger partial charge in [0, 0.05) is 55.5 Å². The first-order chi connectivity index (χ1) is 30.3. The summed E-state index contributed by atoms with van der Waals surface area (Å²) in [4.78, 5) is 2.39. The summed E-state index contributed by atoms with van der Waals surface area (Å²) in [6.07, 6.45) is 0. The fraction of sp³-hybridized carbons (Fsp3) is 0. The Kier molecular flexibility index (Phi) is 8.17. The Balaban J connectivity index is 1.01. The van der Waals surface area contributed by atoms with Gasteiger partial charge in [0.05, 0.1) is 22.1 Å². The summed E-state index contributed by atoms with van der Waals surface area (Å²) in [5.74, 6) is 0. The predicted octanol–water partition coefficient (Wildman–Crippen LogP) is 15.8. The van der Waals surface area contributed by atoms with Crippen LogP contribution in [0.4, 0.5) is 17.1 Å². The number of rotatable bonds is 7. The van der Waals surface area contributed by atoms with Crippen molar-refractivity contribution < 1.29 is 0 Å². The maximum atomic E-state index is 2.42. The van der Waals surface area contributed by atoms with Crippen molar-refractivity contribution in [3.8, 4) is 33.6 Å². The van der Waals surface area contributed by atoms with Gasteiger partial charge in [-0.05, 0) is 112 Å². The fourth-order valence-corrected chi connectivity index (χ4v) is 9.48. The van der Waals surface area contributed by atoms with Crippen molar-refractivity contribution in [2.75, 3.05) is 4.90 Å². The first kappa shape index (κ1) is 34.9. The van der Waals surface area contributed by atoms with Crippen molar-refractivity contribution in [3.63, 3.8) is 0 Å². The first-order valence-corrected chi connectivity index (χ1v) is 20.9. The summed E-state index contributed by atoms with van der Waals surface area (Å²) >= 11 is 0. The van der Waals surface area contributed by atoms with Crippen molar-refractivity contribution in [1.82, 2.24) is 9.13 Å². The van der Waals surface area contributed by atoms with Gasteiger partial charge in [-0.1, -0.05) is 152 Å². The van der Waals surface area contributed by atoms with E-state index in [-0.39, 0.29) is 0 Å². The third kappa shape index (κ3) is 5.82. The molecule has 2 aromatic heterocycles. The van der Waals surface area contributed by atoms with Crippen molar-refractivity contribution >= 4 is 71.4 Å². The van der Waals surface area contributed by atoms with Gasteiger partial charge in [-0.15, -0.1) is 0 Å². The molecule has 12 rings (SSSR count). The van der Waals surface area contributed by atoms with Crippen LogP contribution in [0.15, 0.2) is 237 Å². The molecule has 0 saturated heterocycles. The molecule has 0 amide bonds. The smallest absolute Gasteiger partial charge is 0.0619 e. The van der Waals surface area contributed by atoms with Crippen molar-refractivity contribution in [2.45, 2.75) is 0 Å². The molecule has 3 heteroatoms. The van der Waals surface area contributed by atoms with Gasteiger partial charge in [-0.25, -0.2) is 0 Å². The summed E-state index contributed by atoms with van der Waals surface area (Å²) < 4.78 is 4.80. The minimum absolute atomic E-state index is 1.08. The molecule has 0 radical (unpaired) electrons. The lowest BCUT2D eigenvalue weighted by Gasteiger charge is -2.27. The first-order valence-electron chi connectivity index (χ1n) is 20.9. The average molecular weight is 778 g/mol. The fourth-order valence-electron chi connectivity index (χ4n) is 9.48. The van der Waals surface area contributed by atoms with Crippen LogP contribution in [-0.2, 0) is 0 Å². The third-order valence-corrected chi connectivity index (χ3v) is 12.3. The highest BCUT2D eigenvalue weighted by Crippen LogP contribution is 2.42. The average Bonchev–Trinajstić information content (AvgIpc) is 3.86. The summed E-state index contributed by atoms with van der Waals surface area (Å²) in [5, 5.41) is 7.49. The number of nitrogens with zero attached hydrogens (tertiary/aromatic N) is 3. The van der Waals surface area contributed by atoms with E-state index in [1.54, 1.807) is 0 Å². The summed E-state index contributed by atoms with van der Waals surface area (Å²) in [6, 6.07) is 85.9. The van der Waals surface area contributed by atoms with Crippen LogP contribution in [0.5, 0.6) is 0 Å². The second-order valence-corrected chi connectivity index (χ2v) is 15.8. The zero-order valence-corrected chi connectivity index (χ0v) is 33.4. The van der Waals surface area contributed by atoms with Gasteiger partial charge in [-0.3, -0.25) is 0 Å². The third-order valence-electron chi connectivity index (χ3n) is 12.3. The molecule has 0 aliphatic carbocycles. The van der Waals surface area contributed by atoms with E-state index in [2.05, 4.69) is 251 Å². The van der Waals surface area contributed by atoms with Crippen LogP contribution < -0.4 is 4.90 Å². The molecule has 2 heterocycles. The molecule has 0 bridgehead atoms. The number of fused-ring (bicyclic) bond motifs is 7. The van der Waals surface area contributed by atoms with Gasteiger partial charge in [0.15, 0.2) is 0 Å². The highest BCUT2D eigenvalue weighted by atomic mass is 15.1. The number of anilines is 3. The molecule has 0 spiro atoms. The van der Waals surface area contributed by atoms with Gasteiger partial charge in [0.25, 0.3) is 0 Å². The lowest BCUT2D eigenvalue weighted by atomic mass is 10.00. The lowest BCUT2D eigenvalue weighted by molar-refractivity contribution is 1.17. The highest BCUT2D eigenvalue weighted by Gasteiger charge is 2.19. The van der Waals surface area contributed by atoms with Crippen molar-refractivity contribution in [1.29, 1.82) is 0 Å². The standard InChI is InChI=1S/C58H39N3/c1-2-17-45(18-3-1)61-57-27-11-8-22-53(57)54-24-13-23-50(58(54)61)44-16-12-19-49(39-44)59(46-32-30-41(31-33-46)43-29-28-40-14-4-5-15-42(40)38-43)47-34-36-48(37-35-47)60-55-25-9-6-20-51(55)52-21-7-10-26-56(52)60/h1-39H. The Morgan fingerprint density at radius 3 is 1.51 bits per heavy atom. The molecule has 286 valence electrons. The molecule has 10 aromatic carbocycles. The molecule has 3 nitrogen and oxygen atoms in total. The molecule has 0 unspecified atom stereocenters. The molecule has 0 atom stereocenters. The number of aromatic nitrogens is 2. The van der Waals surface area contributed by atoms with Crippen LogP contribution in [-0.4, -0.2) is 9.13 Å². The number of benzene rings is 10. The van der Waals surface area contributed by atoms with Crippen LogP contribution in [0, 0.1) is 0 Å². The van der Waals surface area contributed by atoms with E-state index in [9.17, 15) is 0 Å². The molecule has 0 aliphatic heterocycles. The minimum Gasteiger partial charge on any atom is -0.310 e. The SMILES string of the molecule is c1ccc(-n2c3ccccc3c3cccc(-c4cccc(N(c5ccc(-c6ccc7ccccc7c6)cc5)c5ccc(-n6c7ccccc7c7ccccc76)cc5)c4)c32)cc1. The number of hydrogen-bond acceptors (Lipinski definition) is 1. The van der Waals surface area contributed by atoms with Crippen LogP contribution in [0.3, 0.4) is 0 Å². The Labute approximate surface area is 354 Å². The molecular weight excluding hydrogens is 739 g/mol. The van der Waals surface area contributed by atoms with Crippen LogP contribution in [0.2, 0.25) is 0 Å². The minimum atomic E-state index is 1.08. The maximum absolute atomic E-state index is 2.42. The Morgan fingerprint density at radius 2 is 0.803 bits per heavy atom. The Bertz CT molecular complexity index is 3520. The second kappa shape index (κ2) is 14.3. The molecule has 0 saturated carbocycles.